The molecular weight excluding hydrogens is 206 g/mol. The second-order valence-corrected chi connectivity index (χ2v) is 4.13. The molecule has 0 radical (unpaired) electrons. The Kier molecular flexibility index (Phi) is 3.44. The minimum Gasteiger partial charge on any atom is -0.489 e. The molecule has 0 spiro atoms. The molecule has 1 aromatic rings. The normalized spacial score (nSPS) is 14.8. The van der Waals surface area contributed by atoms with Gasteiger partial charge < -0.3 is 15.0 Å². The maximum atomic E-state index is 11.4. The average Bonchev–Trinajstić information content (AvgIpc) is 3.08. The summed E-state index contributed by atoms with van der Waals surface area (Å²) in [5.74, 6) is 1.73. The zero-order valence-corrected chi connectivity index (χ0v) is 9.45. The highest BCUT2D eigenvalue weighted by Crippen LogP contribution is 2.33. The molecule has 0 amide bonds. The van der Waals surface area contributed by atoms with E-state index < -0.39 is 0 Å². The van der Waals surface area contributed by atoms with Gasteiger partial charge in [-0.3, -0.25) is 4.79 Å². The average molecular weight is 223 g/mol. The van der Waals surface area contributed by atoms with Crippen LogP contribution in [0.1, 0.15) is 25.7 Å². The highest BCUT2D eigenvalue weighted by atomic mass is 16.5. The van der Waals surface area contributed by atoms with Crippen molar-refractivity contribution in [1.29, 1.82) is 0 Å². The zero-order chi connectivity index (χ0) is 11.4. The lowest BCUT2D eigenvalue weighted by atomic mass is 10.2. The van der Waals surface area contributed by atoms with Crippen molar-refractivity contribution in [2.24, 2.45) is 5.92 Å². The van der Waals surface area contributed by atoms with Crippen LogP contribution in [0.15, 0.2) is 11.1 Å². The van der Waals surface area contributed by atoms with Gasteiger partial charge in [-0.25, -0.2) is 4.98 Å². The van der Waals surface area contributed by atoms with Gasteiger partial charge in [0.25, 0.3) is 5.56 Å². The molecule has 1 aliphatic carbocycles. The molecule has 2 rings (SSSR count). The molecule has 1 saturated carbocycles. The summed E-state index contributed by atoms with van der Waals surface area (Å²) in [6.45, 7) is 0.837. The van der Waals surface area contributed by atoms with E-state index >= 15 is 0 Å². The van der Waals surface area contributed by atoms with Crippen LogP contribution in [0.3, 0.4) is 0 Å². The van der Waals surface area contributed by atoms with Crippen molar-refractivity contribution in [1.82, 2.24) is 9.97 Å². The Hall–Kier alpha value is -1.52. The Morgan fingerprint density at radius 1 is 1.62 bits per heavy atom. The van der Waals surface area contributed by atoms with Crippen molar-refractivity contribution >= 4 is 5.82 Å². The van der Waals surface area contributed by atoms with Crippen LogP contribution in [0.25, 0.3) is 0 Å². The van der Waals surface area contributed by atoms with Gasteiger partial charge in [0.05, 0.1) is 13.4 Å². The van der Waals surface area contributed by atoms with Crippen LogP contribution < -0.4 is 15.6 Å². The van der Waals surface area contributed by atoms with E-state index in [1.165, 1.54) is 32.7 Å². The molecule has 5 heteroatoms. The molecule has 0 unspecified atom stereocenters. The first-order valence-corrected chi connectivity index (χ1v) is 5.67. The maximum absolute atomic E-state index is 11.4. The molecule has 1 aliphatic rings. The number of rotatable bonds is 6. The Morgan fingerprint density at radius 2 is 2.44 bits per heavy atom. The SMILES string of the molecule is COc1c(NCCCC2CC2)nc[nH]c1=O. The first-order chi connectivity index (χ1) is 7.81. The second-order valence-electron chi connectivity index (χ2n) is 4.13. The molecule has 16 heavy (non-hydrogen) atoms. The quantitative estimate of drug-likeness (QED) is 0.715. The van der Waals surface area contributed by atoms with Gasteiger partial charge in [0.1, 0.15) is 0 Å². The van der Waals surface area contributed by atoms with Crippen LogP contribution in [0.2, 0.25) is 0 Å². The van der Waals surface area contributed by atoms with E-state index in [9.17, 15) is 4.79 Å². The highest BCUT2D eigenvalue weighted by molar-refractivity contribution is 5.47. The van der Waals surface area contributed by atoms with E-state index in [4.69, 9.17) is 4.74 Å². The monoisotopic (exact) mass is 223 g/mol. The molecule has 0 saturated heterocycles. The predicted octanol–water partition coefficient (Wildman–Crippen LogP) is 1.38. The van der Waals surface area contributed by atoms with Crippen LogP contribution in [0, 0.1) is 5.92 Å². The zero-order valence-electron chi connectivity index (χ0n) is 9.45. The molecule has 0 bridgehead atoms. The number of ether oxygens (including phenoxy) is 1. The number of hydrogen-bond donors (Lipinski definition) is 2. The Bertz CT molecular complexity index is 398. The third-order valence-corrected chi connectivity index (χ3v) is 2.79. The highest BCUT2D eigenvalue weighted by Gasteiger charge is 2.20. The smallest absolute Gasteiger partial charge is 0.295 e. The molecule has 88 valence electrons. The molecular formula is C11H17N3O2. The van der Waals surface area contributed by atoms with Crippen LogP contribution in [0.5, 0.6) is 5.75 Å². The van der Waals surface area contributed by atoms with Gasteiger partial charge in [0.15, 0.2) is 5.82 Å². The molecule has 0 aromatic carbocycles. The molecule has 1 heterocycles. The lowest BCUT2D eigenvalue weighted by molar-refractivity contribution is 0.408. The van der Waals surface area contributed by atoms with Gasteiger partial charge >= 0.3 is 0 Å². The number of anilines is 1. The number of nitrogens with one attached hydrogen (secondary N) is 2. The predicted molar refractivity (Wildman–Crippen MR) is 61.9 cm³/mol. The fourth-order valence-corrected chi connectivity index (χ4v) is 1.71. The summed E-state index contributed by atoms with van der Waals surface area (Å²) in [5.41, 5.74) is -0.248. The fraction of sp³-hybridized carbons (Fsp3) is 0.636. The van der Waals surface area contributed by atoms with E-state index in [1.807, 2.05) is 0 Å². The molecule has 0 aliphatic heterocycles. The number of nitrogens with zero attached hydrogens (tertiary/aromatic N) is 1. The number of hydrogen-bond acceptors (Lipinski definition) is 4. The third kappa shape index (κ3) is 2.74. The van der Waals surface area contributed by atoms with Crippen LogP contribution >= 0.6 is 0 Å². The molecule has 0 atom stereocenters. The summed E-state index contributed by atoms with van der Waals surface area (Å²) in [7, 11) is 1.47. The van der Waals surface area contributed by atoms with Crippen molar-refractivity contribution < 1.29 is 4.74 Å². The van der Waals surface area contributed by atoms with Gasteiger partial charge in [-0.05, 0) is 18.8 Å². The van der Waals surface area contributed by atoms with E-state index in [2.05, 4.69) is 15.3 Å². The minimum atomic E-state index is -0.248. The van der Waals surface area contributed by atoms with E-state index in [-0.39, 0.29) is 11.3 Å². The van der Waals surface area contributed by atoms with E-state index in [1.54, 1.807) is 0 Å². The fourth-order valence-electron chi connectivity index (χ4n) is 1.71. The Balaban J connectivity index is 1.87. The number of H-pyrrole nitrogens is 1. The van der Waals surface area contributed by atoms with Gasteiger partial charge in [-0.2, -0.15) is 0 Å². The van der Waals surface area contributed by atoms with Crippen molar-refractivity contribution in [3.05, 3.63) is 16.7 Å². The van der Waals surface area contributed by atoms with Crippen LogP contribution in [-0.4, -0.2) is 23.6 Å². The summed E-state index contributed by atoms with van der Waals surface area (Å²) in [6.07, 6.45) is 6.52. The summed E-state index contributed by atoms with van der Waals surface area (Å²) < 4.78 is 5.00. The van der Waals surface area contributed by atoms with Crippen molar-refractivity contribution in [2.75, 3.05) is 19.0 Å². The lowest BCUT2D eigenvalue weighted by Gasteiger charge is -2.08. The van der Waals surface area contributed by atoms with Gasteiger partial charge in [0.2, 0.25) is 5.75 Å². The van der Waals surface area contributed by atoms with Gasteiger partial charge in [-0.1, -0.05) is 12.8 Å². The summed E-state index contributed by atoms with van der Waals surface area (Å²) in [4.78, 5) is 17.9. The molecule has 2 N–H and O–H groups in total. The third-order valence-electron chi connectivity index (χ3n) is 2.79. The van der Waals surface area contributed by atoms with Crippen LogP contribution in [-0.2, 0) is 0 Å². The Morgan fingerprint density at radius 3 is 3.12 bits per heavy atom. The summed E-state index contributed by atoms with van der Waals surface area (Å²) in [6, 6.07) is 0. The summed E-state index contributed by atoms with van der Waals surface area (Å²) >= 11 is 0. The first kappa shape index (κ1) is 11.0. The van der Waals surface area contributed by atoms with Crippen molar-refractivity contribution in [3.63, 3.8) is 0 Å². The van der Waals surface area contributed by atoms with Crippen molar-refractivity contribution in [3.8, 4) is 5.75 Å². The number of aromatic nitrogens is 2. The van der Waals surface area contributed by atoms with E-state index in [0.29, 0.717) is 5.82 Å². The summed E-state index contributed by atoms with van der Waals surface area (Å²) in [5, 5.41) is 3.13. The van der Waals surface area contributed by atoms with Gasteiger partial charge in [-0.15, -0.1) is 0 Å². The molecule has 1 fully saturated rings. The topological polar surface area (TPSA) is 67.0 Å². The van der Waals surface area contributed by atoms with E-state index in [0.717, 1.165) is 18.9 Å². The van der Waals surface area contributed by atoms with Gasteiger partial charge in [0, 0.05) is 6.54 Å². The second kappa shape index (κ2) is 5.01. The maximum Gasteiger partial charge on any atom is 0.295 e. The molecule has 5 nitrogen and oxygen atoms in total. The lowest BCUT2D eigenvalue weighted by Crippen LogP contribution is -2.14. The van der Waals surface area contributed by atoms with Crippen LogP contribution in [0.4, 0.5) is 5.82 Å². The largest absolute Gasteiger partial charge is 0.489 e. The Labute approximate surface area is 94.2 Å². The number of aromatic amines is 1. The standard InChI is InChI=1S/C11H17N3O2/c1-16-9-10(13-7-14-11(9)15)12-6-2-3-8-4-5-8/h7-8H,2-6H2,1H3,(H2,12,13,14,15). The van der Waals surface area contributed by atoms with Crippen molar-refractivity contribution in [2.45, 2.75) is 25.7 Å². The molecule has 1 aromatic heterocycles. The minimum absolute atomic E-state index is 0.248. The number of methoxy groups -OCH3 is 1. The first-order valence-electron chi connectivity index (χ1n) is 5.67.